The highest BCUT2D eigenvalue weighted by atomic mass is 79.9. The van der Waals surface area contributed by atoms with Crippen LogP contribution in [0.4, 0.5) is 0 Å². The van der Waals surface area contributed by atoms with Crippen LogP contribution in [0, 0.1) is 5.92 Å². The van der Waals surface area contributed by atoms with E-state index < -0.39 is 0 Å². The molecule has 114 valence electrons. The van der Waals surface area contributed by atoms with E-state index in [1.807, 2.05) is 31.2 Å². The molecule has 1 rings (SSSR count). The molecule has 4 nitrogen and oxygen atoms in total. The molecule has 0 bridgehead atoms. The van der Waals surface area contributed by atoms with Gasteiger partial charge in [0.15, 0.2) is 0 Å². The highest BCUT2D eigenvalue weighted by Crippen LogP contribution is 2.17. The van der Waals surface area contributed by atoms with Gasteiger partial charge in [0.1, 0.15) is 5.75 Å². The highest BCUT2D eigenvalue weighted by molar-refractivity contribution is 9.10. The number of benzene rings is 1. The summed E-state index contributed by atoms with van der Waals surface area (Å²) in [5.41, 5.74) is 5.48. The van der Waals surface area contributed by atoms with E-state index >= 15 is 0 Å². The molecule has 1 unspecified atom stereocenters. The van der Waals surface area contributed by atoms with Crippen LogP contribution in [0.15, 0.2) is 28.7 Å². The number of ether oxygens (including phenoxy) is 1. The summed E-state index contributed by atoms with van der Waals surface area (Å²) < 4.78 is 6.54. The summed E-state index contributed by atoms with van der Waals surface area (Å²) >= 11 is 3.38. The summed E-state index contributed by atoms with van der Waals surface area (Å²) in [4.78, 5) is 11.5. The Kier molecular flexibility index (Phi) is 10.5. The quantitative estimate of drug-likeness (QED) is 0.696. The first kappa shape index (κ1) is 19.2. The first-order valence-corrected chi connectivity index (χ1v) is 7.26. The monoisotopic (exact) mass is 364 g/mol. The molecular weight excluding hydrogens is 344 g/mol. The summed E-state index contributed by atoms with van der Waals surface area (Å²) in [5.74, 6) is 1.19. The standard InChI is InChI=1S/C14H21BrN2O2.ClH/c1-11(9-16)10-17-14(18)6-3-7-19-13-5-2-4-12(15)8-13;/h2,4-5,8,11H,3,6-7,9-10,16H2,1H3,(H,17,18);1H. The molecule has 0 fully saturated rings. The zero-order chi connectivity index (χ0) is 14.1. The molecule has 0 radical (unpaired) electrons. The smallest absolute Gasteiger partial charge is 0.220 e. The molecule has 0 spiro atoms. The third-order valence-electron chi connectivity index (χ3n) is 2.66. The van der Waals surface area contributed by atoms with E-state index in [1.165, 1.54) is 0 Å². The topological polar surface area (TPSA) is 64.3 Å². The van der Waals surface area contributed by atoms with Crippen molar-refractivity contribution in [3.05, 3.63) is 28.7 Å². The molecule has 3 N–H and O–H groups in total. The van der Waals surface area contributed by atoms with Crippen LogP contribution in [0.2, 0.25) is 0 Å². The first-order valence-electron chi connectivity index (χ1n) is 6.47. The molecule has 0 aromatic heterocycles. The van der Waals surface area contributed by atoms with Gasteiger partial charge in [-0.3, -0.25) is 4.79 Å². The van der Waals surface area contributed by atoms with E-state index in [4.69, 9.17) is 10.5 Å². The average molecular weight is 366 g/mol. The fraction of sp³-hybridized carbons (Fsp3) is 0.500. The van der Waals surface area contributed by atoms with Crippen molar-refractivity contribution in [3.8, 4) is 5.75 Å². The van der Waals surface area contributed by atoms with Gasteiger partial charge in [0, 0.05) is 17.4 Å². The van der Waals surface area contributed by atoms with Crippen molar-refractivity contribution in [1.29, 1.82) is 0 Å². The van der Waals surface area contributed by atoms with Crippen LogP contribution in [0.5, 0.6) is 5.75 Å². The summed E-state index contributed by atoms with van der Waals surface area (Å²) in [6.45, 7) is 3.78. The molecule has 0 saturated carbocycles. The summed E-state index contributed by atoms with van der Waals surface area (Å²) in [7, 11) is 0. The van der Waals surface area contributed by atoms with E-state index in [1.54, 1.807) is 0 Å². The van der Waals surface area contributed by atoms with Crippen LogP contribution in [0.1, 0.15) is 19.8 Å². The molecule has 0 aliphatic rings. The maximum Gasteiger partial charge on any atom is 0.220 e. The van der Waals surface area contributed by atoms with Crippen molar-refractivity contribution in [3.63, 3.8) is 0 Å². The Labute approximate surface area is 135 Å². The number of amides is 1. The molecule has 0 aliphatic carbocycles. The minimum absolute atomic E-state index is 0. The number of carbonyl (C=O) groups is 1. The first-order chi connectivity index (χ1) is 9.11. The van der Waals surface area contributed by atoms with Gasteiger partial charge in [-0.25, -0.2) is 0 Å². The number of carbonyl (C=O) groups excluding carboxylic acids is 1. The molecule has 6 heteroatoms. The molecule has 1 amide bonds. The van der Waals surface area contributed by atoms with Crippen LogP contribution in [-0.2, 0) is 4.79 Å². The number of halogens is 2. The maximum absolute atomic E-state index is 11.5. The Morgan fingerprint density at radius 2 is 2.25 bits per heavy atom. The average Bonchev–Trinajstić information content (AvgIpc) is 2.41. The van der Waals surface area contributed by atoms with Gasteiger partial charge in [-0.15, -0.1) is 12.4 Å². The molecule has 0 aliphatic heterocycles. The largest absolute Gasteiger partial charge is 0.494 e. The zero-order valence-corrected chi connectivity index (χ0v) is 14.0. The van der Waals surface area contributed by atoms with Crippen molar-refractivity contribution in [2.45, 2.75) is 19.8 Å². The van der Waals surface area contributed by atoms with Gasteiger partial charge in [0.25, 0.3) is 0 Å². The molecule has 1 aromatic carbocycles. The summed E-state index contributed by atoms with van der Waals surface area (Å²) in [6, 6.07) is 7.66. The number of hydrogen-bond acceptors (Lipinski definition) is 3. The predicted octanol–water partition coefficient (Wildman–Crippen LogP) is 2.74. The molecule has 20 heavy (non-hydrogen) atoms. The number of rotatable bonds is 8. The molecule has 0 heterocycles. The lowest BCUT2D eigenvalue weighted by Gasteiger charge is -2.10. The van der Waals surface area contributed by atoms with Crippen LogP contribution < -0.4 is 15.8 Å². The van der Waals surface area contributed by atoms with Gasteiger partial charge in [-0.05, 0) is 37.1 Å². The van der Waals surface area contributed by atoms with Crippen molar-refractivity contribution >= 4 is 34.2 Å². The lowest BCUT2D eigenvalue weighted by atomic mass is 10.2. The van der Waals surface area contributed by atoms with Crippen molar-refractivity contribution in [2.24, 2.45) is 11.7 Å². The maximum atomic E-state index is 11.5. The van der Waals surface area contributed by atoms with Crippen LogP contribution in [-0.4, -0.2) is 25.6 Å². The van der Waals surface area contributed by atoms with Gasteiger partial charge in [0.05, 0.1) is 6.61 Å². The highest BCUT2D eigenvalue weighted by Gasteiger charge is 2.04. The van der Waals surface area contributed by atoms with E-state index in [0.29, 0.717) is 38.5 Å². The van der Waals surface area contributed by atoms with Gasteiger partial charge in [-0.2, -0.15) is 0 Å². The minimum Gasteiger partial charge on any atom is -0.494 e. The SMILES string of the molecule is CC(CN)CNC(=O)CCCOc1cccc(Br)c1.Cl. The van der Waals surface area contributed by atoms with E-state index in [-0.39, 0.29) is 18.3 Å². The lowest BCUT2D eigenvalue weighted by Crippen LogP contribution is -2.31. The van der Waals surface area contributed by atoms with Crippen LogP contribution in [0.3, 0.4) is 0 Å². The fourth-order valence-corrected chi connectivity index (χ4v) is 1.82. The summed E-state index contributed by atoms with van der Waals surface area (Å²) in [6.07, 6.45) is 1.18. The molecule has 1 atom stereocenters. The number of nitrogens with one attached hydrogen (secondary N) is 1. The second kappa shape index (κ2) is 10.9. The van der Waals surface area contributed by atoms with Crippen LogP contribution in [0.25, 0.3) is 0 Å². The Hall–Kier alpha value is -0.780. The predicted molar refractivity (Wildman–Crippen MR) is 87.3 cm³/mol. The van der Waals surface area contributed by atoms with Gasteiger partial charge in [0.2, 0.25) is 5.91 Å². The van der Waals surface area contributed by atoms with Crippen LogP contribution >= 0.6 is 28.3 Å². The Balaban J connectivity index is 0.00000361. The van der Waals surface area contributed by atoms with Gasteiger partial charge < -0.3 is 15.8 Å². The van der Waals surface area contributed by atoms with E-state index in [2.05, 4.69) is 21.2 Å². The third kappa shape index (κ3) is 8.40. The Morgan fingerprint density at radius 1 is 1.50 bits per heavy atom. The zero-order valence-electron chi connectivity index (χ0n) is 11.6. The number of hydrogen-bond donors (Lipinski definition) is 2. The second-order valence-electron chi connectivity index (χ2n) is 4.55. The normalized spacial score (nSPS) is 11.3. The van der Waals surface area contributed by atoms with Crippen molar-refractivity contribution in [2.75, 3.05) is 19.7 Å². The number of nitrogens with two attached hydrogens (primary N) is 1. The third-order valence-corrected chi connectivity index (χ3v) is 3.16. The second-order valence-corrected chi connectivity index (χ2v) is 5.47. The summed E-state index contributed by atoms with van der Waals surface area (Å²) in [5, 5.41) is 2.86. The van der Waals surface area contributed by atoms with E-state index in [0.717, 1.165) is 10.2 Å². The van der Waals surface area contributed by atoms with Crippen molar-refractivity contribution < 1.29 is 9.53 Å². The molecular formula is C14H22BrClN2O2. The molecule has 0 saturated heterocycles. The fourth-order valence-electron chi connectivity index (χ4n) is 1.44. The molecule has 1 aromatic rings. The van der Waals surface area contributed by atoms with Gasteiger partial charge in [-0.1, -0.05) is 28.9 Å². The van der Waals surface area contributed by atoms with Gasteiger partial charge >= 0.3 is 0 Å². The Bertz CT molecular complexity index is 405. The van der Waals surface area contributed by atoms with E-state index in [9.17, 15) is 4.79 Å². The van der Waals surface area contributed by atoms with Crippen molar-refractivity contribution in [1.82, 2.24) is 5.32 Å². The lowest BCUT2D eigenvalue weighted by molar-refractivity contribution is -0.121. The minimum atomic E-state index is 0. The Morgan fingerprint density at radius 3 is 2.90 bits per heavy atom.